The monoisotopic (exact) mass is 718 g/mol. The van der Waals surface area contributed by atoms with E-state index in [9.17, 15) is 0 Å². The summed E-state index contributed by atoms with van der Waals surface area (Å²) in [7, 11) is 0. The summed E-state index contributed by atoms with van der Waals surface area (Å²) >= 11 is 1.78. The van der Waals surface area contributed by atoms with Crippen LogP contribution in [0.3, 0.4) is 0 Å². The van der Waals surface area contributed by atoms with E-state index in [2.05, 4.69) is 191 Å². The van der Waals surface area contributed by atoms with Crippen LogP contribution in [-0.4, -0.2) is 19.1 Å². The quantitative estimate of drug-likeness (QED) is 0.182. The van der Waals surface area contributed by atoms with Crippen molar-refractivity contribution in [1.82, 2.24) is 19.1 Å². The van der Waals surface area contributed by atoms with E-state index < -0.39 is 0 Å². The normalized spacial score (nSPS) is 12.0. The summed E-state index contributed by atoms with van der Waals surface area (Å²) in [5.74, 6) is 0.664. The van der Waals surface area contributed by atoms with Crippen molar-refractivity contribution >= 4 is 86.0 Å². The van der Waals surface area contributed by atoms with Gasteiger partial charge in [0.2, 0.25) is 5.95 Å². The number of hydrogen-bond acceptors (Lipinski definition) is 3. The van der Waals surface area contributed by atoms with Crippen LogP contribution in [0.2, 0.25) is 0 Å². The first-order chi connectivity index (χ1) is 27.3. The summed E-state index contributed by atoms with van der Waals surface area (Å²) in [4.78, 5) is 11.2. The van der Waals surface area contributed by atoms with Gasteiger partial charge in [-0.15, -0.1) is 11.3 Å². The molecule has 0 saturated heterocycles. The van der Waals surface area contributed by atoms with Gasteiger partial charge in [0.05, 0.1) is 38.0 Å². The average molecular weight is 719 g/mol. The molecule has 0 atom stereocenters. The molecule has 55 heavy (non-hydrogen) atoms. The summed E-state index contributed by atoms with van der Waals surface area (Å²) in [5, 5.41) is 8.29. The van der Waals surface area contributed by atoms with E-state index in [1.54, 1.807) is 11.3 Å². The van der Waals surface area contributed by atoms with Gasteiger partial charge in [0.25, 0.3) is 0 Å². The molecule has 0 unspecified atom stereocenters. The van der Waals surface area contributed by atoms with Crippen LogP contribution in [0.15, 0.2) is 182 Å². The third-order valence-electron chi connectivity index (χ3n) is 11.1. The Balaban J connectivity index is 1.23. The van der Waals surface area contributed by atoms with E-state index in [1.165, 1.54) is 53.7 Å². The van der Waals surface area contributed by atoms with E-state index in [1.807, 2.05) is 0 Å². The second kappa shape index (κ2) is 11.7. The van der Waals surface area contributed by atoms with Crippen molar-refractivity contribution < 1.29 is 0 Å². The molecule has 0 bridgehead atoms. The Morgan fingerprint density at radius 2 is 1.09 bits per heavy atom. The predicted molar refractivity (Wildman–Crippen MR) is 232 cm³/mol. The van der Waals surface area contributed by atoms with Crippen LogP contribution in [0.5, 0.6) is 0 Å². The van der Waals surface area contributed by atoms with Crippen LogP contribution in [0.25, 0.3) is 109 Å². The highest BCUT2D eigenvalue weighted by Crippen LogP contribution is 2.45. The van der Waals surface area contributed by atoms with Crippen molar-refractivity contribution in [3.8, 4) is 34.0 Å². The van der Waals surface area contributed by atoms with Crippen molar-refractivity contribution in [3.63, 3.8) is 0 Å². The Labute approximate surface area is 319 Å². The molecule has 0 N–H and O–H groups in total. The maximum atomic E-state index is 5.66. The molecule has 0 aliphatic carbocycles. The van der Waals surface area contributed by atoms with Crippen LogP contribution in [-0.2, 0) is 0 Å². The summed E-state index contributed by atoms with van der Waals surface area (Å²) in [6.07, 6.45) is 0. The summed E-state index contributed by atoms with van der Waals surface area (Å²) in [5.41, 5.74) is 11.0. The number of fused-ring (bicyclic) bond motifs is 10. The molecule has 0 aliphatic rings. The minimum Gasteiger partial charge on any atom is -0.309 e. The molecule has 12 rings (SSSR count). The van der Waals surface area contributed by atoms with Crippen molar-refractivity contribution in [2.45, 2.75) is 0 Å². The van der Waals surface area contributed by atoms with Crippen molar-refractivity contribution in [2.24, 2.45) is 0 Å². The Morgan fingerprint density at radius 1 is 0.418 bits per heavy atom. The van der Waals surface area contributed by atoms with Crippen LogP contribution in [0, 0.1) is 0 Å². The molecule has 0 aliphatic heterocycles. The second-order valence-corrected chi connectivity index (χ2v) is 15.2. The zero-order valence-corrected chi connectivity index (χ0v) is 30.3. The van der Waals surface area contributed by atoms with Crippen molar-refractivity contribution in [2.75, 3.05) is 0 Å². The molecule has 0 saturated carbocycles. The number of nitrogens with zero attached hydrogens (tertiary/aromatic N) is 4. The minimum absolute atomic E-state index is 0.664. The highest BCUT2D eigenvalue weighted by molar-refractivity contribution is 7.26. The minimum atomic E-state index is 0.664. The number of benzene rings is 8. The standard InChI is InChI=1S/C50H30N4S/c1-3-14-31(15-4-1)34-26-27-45-40(29-34)48-49(55-45)47(38-22-13-25-43-46(38)37-21-10-12-24-42(37)53(43)35-18-5-2-6-19-35)51-50(52-48)54-41-23-11-9-20-36(41)39-28-32-16-7-8-17-33(32)30-44(39)54/h1-30H. The zero-order chi connectivity index (χ0) is 36.0. The van der Waals surface area contributed by atoms with E-state index in [4.69, 9.17) is 9.97 Å². The molecular weight excluding hydrogens is 689 g/mol. The Bertz CT molecular complexity index is 3480. The fourth-order valence-corrected chi connectivity index (χ4v) is 9.79. The molecule has 0 amide bonds. The second-order valence-electron chi connectivity index (χ2n) is 14.2. The van der Waals surface area contributed by atoms with E-state index in [0.717, 1.165) is 49.1 Å². The number of para-hydroxylation sites is 3. The Kier molecular flexibility index (Phi) is 6.47. The summed E-state index contributed by atoms with van der Waals surface area (Å²) < 4.78 is 6.93. The van der Waals surface area contributed by atoms with Crippen LogP contribution >= 0.6 is 11.3 Å². The Hall–Kier alpha value is -7.08. The molecule has 0 spiro atoms. The molecular formula is C50H30N4S. The van der Waals surface area contributed by atoms with Gasteiger partial charge in [0.1, 0.15) is 0 Å². The zero-order valence-electron chi connectivity index (χ0n) is 29.5. The van der Waals surface area contributed by atoms with Crippen LogP contribution in [0.4, 0.5) is 0 Å². The molecule has 12 aromatic rings. The fraction of sp³-hybridized carbons (Fsp3) is 0. The largest absolute Gasteiger partial charge is 0.309 e. The fourth-order valence-electron chi connectivity index (χ4n) is 8.67. The van der Waals surface area contributed by atoms with Gasteiger partial charge in [-0.1, -0.05) is 127 Å². The topological polar surface area (TPSA) is 35.6 Å². The molecule has 4 aromatic heterocycles. The molecule has 4 nitrogen and oxygen atoms in total. The van der Waals surface area contributed by atoms with Gasteiger partial charge >= 0.3 is 0 Å². The molecule has 8 aromatic carbocycles. The van der Waals surface area contributed by atoms with E-state index in [-0.39, 0.29) is 0 Å². The van der Waals surface area contributed by atoms with E-state index in [0.29, 0.717) is 5.95 Å². The van der Waals surface area contributed by atoms with Gasteiger partial charge in [-0.2, -0.15) is 0 Å². The first kappa shape index (κ1) is 30.4. The summed E-state index contributed by atoms with van der Waals surface area (Å²) in [6.45, 7) is 0. The molecule has 0 fully saturated rings. The van der Waals surface area contributed by atoms with Crippen molar-refractivity contribution in [3.05, 3.63) is 182 Å². The average Bonchev–Trinajstić information content (AvgIpc) is 3.90. The molecule has 5 heteroatoms. The lowest BCUT2D eigenvalue weighted by atomic mass is 10.0. The lowest BCUT2D eigenvalue weighted by Gasteiger charge is -2.12. The lowest BCUT2D eigenvalue weighted by molar-refractivity contribution is 1.02. The van der Waals surface area contributed by atoms with Crippen molar-refractivity contribution in [1.29, 1.82) is 0 Å². The smallest absolute Gasteiger partial charge is 0.235 e. The van der Waals surface area contributed by atoms with Gasteiger partial charge in [0, 0.05) is 42.9 Å². The summed E-state index contributed by atoms with van der Waals surface area (Å²) in [6, 6.07) is 65.3. The highest BCUT2D eigenvalue weighted by Gasteiger charge is 2.23. The third kappa shape index (κ3) is 4.51. The van der Waals surface area contributed by atoms with Gasteiger partial charge in [-0.05, 0) is 76.5 Å². The molecule has 4 heterocycles. The number of thiophene rings is 1. The first-order valence-electron chi connectivity index (χ1n) is 18.6. The van der Waals surface area contributed by atoms with Gasteiger partial charge in [-0.25, -0.2) is 9.97 Å². The van der Waals surface area contributed by atoms with Gasteiger partial charge < -0.3 is 4.57 Å². The number of aromatic nitrogens is 4. The SMILES string of the molecule is c1ccc(-c2ccc3sc4c(-c5cccc6c5c5ccccc5n6-c5ccccc5)nc(-n5c6ccccc6c6cc7ccccc7cc65)nc4c3c2)cc1. The highest BCUT2D eigenvalue weighted by atomic mass is 32.1. The maximum Gasteiger partial charge on any atom is 0.235 e. The first-order valence-corrected chi connectivity index (χ1v) is 19.4. The number of hydrogen-bond donors (Lipinski definition) is 0. The number of rotatable bonds is 4. The van der Waals surface area contributed by atoms with E-state index >= 15 is 0 Å². The maximum absolute atomic E-state index is 5.66. The molecule has 256 valence electrons. The van der Waals surface area contributed by atoms with Crippen LogP contribution in [0.1, 0.15) is 0 Å². The predicted octanol–water partition coefficient (Wildman–Crippen LogP) is 13.5. The third-order valence-corrected chi connectivity index (χ3v) is 12.3. The van der Waals surface area contributed by atoms with Crippen LogP contribution < -0.4 is 0 Å². The lowest BCUT2D eigenvalue weighted by Crippen LogP contribution is -2.03. The van der Waals surface area contributed by atoms with Gasteiger partial charge in [0.15, 0.2) is 0 Å². The van der Waals surface area contributed by atoms with Gasteiger partial charge in [-0.3, -0.25) is 4.57 Å². The molecule has 0 radical (unpaired) electrons. The Morgan fingerprint density at radius 3 is 1.91 bits per heavy atom.